The molecule has 0 bridgehead atoms. The van der Waals surface area contributed by atoms with Gasteiger partial charge in [0, 0.05) is 5.69 Å². The van der Waals surface area contributed by atoms with Crippen LogP contribution in [0.5, 0.6) is 0 Å². The van der Waals surface area contributed by atoms with Gasteiger partial charge < -0.3 is 9.51 Å². The third kappa shape index (κ3) is 2.22. The van der Waals surface area contributed by atoms with Crippen molar-refractivity contribution in [2.45, 2.75) is 39.3 Å². The van der Waals surface area contributed by atoms with Gasteiger partial charge in [-0.2, -0.15) is 18.2 Å². The molecule has 1 aliphatic carbocycles. The zero-order valence-electron chi connectivity index (χ0n) is 11.8. The highest BCUT2D eigenvalue weighted by molar-refractivity contribution is 5.51. The van der Waals surface area contributed by atoms with Gasteiger partial charge in [0.25, 0.3) is 0 Å². The Balaban J connectivity index is 1.89. The van der Waals surface area contributed by atoms with Gasteiger partial charge in [0.2, 0.25) is 11.7 Å². The Morgan fingerprint density at radius 2 is 2.10 bits per heavy atom. The normalized spacial score (nSPS) is 24.9. The van der Waals surface area contributed by atoms with Crippen LogP contribution in [0.15, 0.2) is 10.9 Å². The summed E-state index contributed by atoms with van der Waals surface area (Å²) < 4.78 is 44.6. The van der Waals surface area contributed by atoms with Crippen LogP contribution in [0.2, 0.25) is 0 Å². The van der Waals surface area contributed by atoms with E-state index in [2.05, 4.69) is 20.1 Å². The molecule has 1 fully saturated rings. The van der Waals surface area contributed by atoms with E-state index in [0.29, 0.717) is 12.1 Å². The van der Waals surface area contributed by atoms with Crippen LogP contribution in [0.4, 0.5) is 13.2 Å². The standard InChI is InChI=1S/C13H15F3N4O/c1-6-8(18-5-17-6)10-19-11(21-20-10)7-4-12(2,3)9(7)13(14,15)16/h5,7,9H,4H2,1-3H3,(H,17,18). The molecule has 114 valence electrons. The largest absolute Gasteiger partial charge is 0.393 e. The maximum Gasteiger partial charge on any atom is 0.393 e. The van der Waals surface area contributed by atoms with Crippen LogP contribution in [0.1, 0.15) is 37.8 Å². The molecule has 2 aromatic heterocycles. The average Bonchev–Trinajstić information content (AvgIpc) is 2.91. The van der Waals surface area contributed by atoms with Gasteiger partial charge in [-0.1, -0.05) is 19.0 Å². The number of hydrogen-bond donors (Lipinski definition) is 1. The summed E-state index contributed by atoms with van der Waals surface area (Å²) in [5, 5.41) is 3.75. The number of aryl methyl sites for hydroxylation is 1. The first kappa shape index (κ1) is 14.1. The monoisotopic (exact) mass is 300 g/mol. The second-order valence-corrected chi connectivity index (χ2v) is 6.15. The molecule has 0 saturated heterocycles. The lowest BCUT2D eigenvalue weighted by Gasteiger charge is -2.50. The first-order valence-corrected chi connectivity index (χ1v) is 6.61. The number of aromatic amines is 1. The van der Waals surface area contributed by atoms with Gasteiger partial charge in [0.15, 0.2) is 0 Å². The number of halogens is 3. The van der Waals surface area contributed by atoms with Crippen molar-refractivity contribution in [1.82, 2.24) is 20.1 Å². The third-order valence-electron chi connectivity index (χ3n) is 4.14. The molecule has 21 heavy (non-hydrogen) atoms. The predicted molar refractivity (Wildman–Crippen MR) is 67.3 cm³/mol. The number of H-pyrrole nitrogens is 1. The highest BCUT2D eigenvalue weighted by Gasteiger charge is 2.62. The molecule has 2 unspecified atom stereocenters. The smallest absolute Gasteiger partial charge is 0.348 e. The van der Waals surface area contributed by atoms with Gasteiger partial charge in [0.05, 0.1) is 18.2 Å². The van der Waals surface area contributed by atoms with Gasteiger partial charge in [0.1, 0.15) is 5.69 Å². The molecule has 0 amide bonds. The zero-order chi connectivity index (χ0) is 15.4. The molecule has 1 N–H and O–H groups in total. The maximum absolute atomic E-state index is 13.2. The Labute approximate surface area is 119 Å². The van der Waals surface area contributed by atoms with Crippen molar-refractivity contribution in [3.63, 3.8) is 0 Å². The van der Waals surface area contributed by atoms with E-state index >= 15 is 0 Å². The molecule has 2 atom stereocenters. The van der Waals surface area contributed by atoms with Gasteiger partial charge in [-0.3, -0.25) is 0 Å². The number of aromatic nitrogens is 4. The lowest BCUT2D eigenvalue weighted by atomic mass is 9.55. The van der Waals surface area contributed by atoms with Crippen LogP contribution in [0, 0.1) is 18.3 Å². The molecule has 1 aliphatic rings. The Bertz CT molecular complexity index is 648. The Hall–Kier alpha value is -1.86. The van der Waals surface area contributed by atoms with Crippen molar-refractivity contribution in [2.24, 2.45) is 11.3 Å². The van der Waals surface area contributed by atoms with E-state index in [9.17, 15) is 13.2 Å². The van der Waals surface area contributed by atoms with Crippen molar-refractivity contribution < 1.29 is 17.7 Å². The topological polar surface area (TPSA) is 67.6 Å². The van der Waals surface area contributed by atoms with E-state index in [1.54, 1.807) is 20.8 Å². The Morgan fingerprint density at radius 1 is 1.38 bits per heavy atom. The molecule has 2 heterocycles. The van der Waals surface area contributed by atoms with Crippen LogP contribution in [-0.4, -0.2) is 26.3 Å². The Morgan fingerprint density at radius 3 is 2.62 bits per heavy atom. The molecule has 1 saturated carbocycles. The van der Waals surface area contributed by atoms with E-state index in [-0.39, 0.29) is 11.7 Å². The molecule has 0 spiro atoms. The molecular weight excluding hydrogens is 285 g/mol. The minimum Gasteiger partial charge on any atom is -0.348 e. The first-order chi connectivity index (χ1) is 9.70. The number of hydrogen-bond acceptors (Lipinski definition) is 4. The van der Waals surface area contributed by atoms with Crippen molar-refractivity contribution in [3.8, 4) is 11.5 Å². The van der Waals surface area contributed by atoms with E-state index in [4.69, 9.17) is 4.52 Å². The van der Waals surface area contributed by atoms with E-state index < -0.39 is 23.4 Å². The quantitative estimate of drug-likeness (QED) is 0.922. The maximum atomic E-state index is 13.2. The summed E-state index contributed by atoms with van der Waals surface area (Å²) in [6.45, 7) is 5.00. The third-order valence-corrected chi connectivity index (χ3v) is 4.14. The fraction of sp³-hybridized carbons (Fsp3) is 0.615. The number of rotatable bonds is 2. The summed E-state index contributed by atoms with van der Waals surface area (Å²) in [5.41, 5.74) is 0.426. The van der Waals surface area contributed by atoms with Crippen molar-refractivity contribution in [2.75, 3.05) is 0 Å². The van der Waals surface area contributed by atoms with Gasteiger partial charge >= 0.3 is 6.18 Å². The highest BCUT2D eigenvalue weighted by atomic mass is 19.4. The molecule has 0 aliphatic heterocycles. The van der Waals surface area contributed by atoms with E-state index in [1.807, 2.05) is 0 Å². The van der Waals surface area contributed by atoms with E-state index in [1.165, 1.54) is 6.33 Å². The minimum absolute atomic E-state index is 0.0362. The van der Waals surface area contributed by atoms with Gasteiger partial charge in [-0.25, -0.2) is 4.98 Å². The minimum atomic E-state index is -4.27. The fourth-order valence-electron chi connectivity index (χ4n) is 3.16. The van der Waals surface area contributed by atoms with Crippen LogP contribution in [0.25, 0.3) is 11.5 Å². The second kappa shape index (κ2) is 4.32. The summed E-state index contributed by atoms with van der Waals surface area (Å²) in [5.74, 6) is -1.98. The number of alkyl halides is 3. The summed E-state index contributed by atoms with van der Waals surface area (Å²) in [6, 6.07) is 0. The molecule has 2 aromatic rings. The zero-order valence-corrected chi connectivity index (χ0v) is 11.8. The molecule has 0 aromatic carbocycles. The van der Waals surface area contributed by atoms with Crippen molar-refractivity contribution in [1.29, 1.82) is 0 Å². The second-order valence-electron chi connectivity index (χ2n) is 6.15. The molecule has 5 nitrogen and oxygen atoms in total. The summed E-state index contributed by atoms with van der Waals surface area (Å²) in [6.07, 6.45) is -2.42. The lowest BCUT2D eigenvalue weighted by Crippen LogP contribution is -2.50. The summed E-state index contributed by atoms with van der Waals surface area (Å²) in [4.78, 5) is 11.0. The number of nitrogens with zero attached hydrogens (tertiary/aromatic N) is 3. The molecule has 0 radical (unpaired) electrons. The van der Waals surface area contributed by atoms with E-state index in [0.717, 1.165) is 5.69 Å². The predicted octanol–water partition coefficient (Wildman–Crippen LogP) is 3.46. The Kier molecular flexibility index (Phi) is 2.90. The van der Waals surface area contributed by atoms with Crippen LogP contribution >= 0.6 is 0 Å². The van der Waals surface area contributed by atoms with Gasteiger partial charge in [-0.05, 0) is 18.8 Å². The number of imidazole rings is 1. The molecular formula is C13H15F3N4O. The van der Waals surface area contributed by atoms with Crippen molar-refractivity contribution in [3.05, 3.63) is 17.9 Å². The highest BCUT2D eigenvalue weighted by Crippen LogP contribution is 2.61. The van der Waals surface area contributed by atoms with Crippen molar-refractivity contribution >= 4 is 0 Å². The first-order valence-electron chi connectivity index (χ1n) is 6.61. The van der Waals surface area contributed by atoms with Gasteiger partial charge in [-0.15, -0.1) is 0 Å². The SMILES string of the molecule is Cc1[nH]cnc1-c1noc(C2CC(C)(C)C2C(F)(F)F)n1. The molecule has 8 heteroatoms. The number of nitrogens with one attached hydrogen (secondary N) is 1. The van der Waals surface area contributed by atoms with Crippen LogP contribution < -0.4 is 0 Å². The van der Waals surface area contributed by atoms with Crippen LogP contribution in [0.3, 0.4) is 0 Å². The average molecular weight is 300 g/mol. The fourth-order valence-corrected chi connectivity index (χ4v) is 3.16. The molecule has 3 rings (SSSR count). The lowest BCUT2D eigenvalue weighted by molar-refractivity contribution is -0.245. The summed E-state index contributed by atoms with van der Waals surface area (Å²) in [7, 11) is 0. The van der Waals surface area contributed by atoms with Crippen LogP contribution in [-0.2, 0) is 0 Å². The summed E-state index contributed by atoms with van der Waals surface area (Å²) >= 11 is 0.